The van der Waals surface area contributed by atoms with Gasteiger partial charge in [0.25, 0.3) is 0 Å². The quantitative estimate of drug-likeness (QED) is 0.655. The normalized spacial score (nSPS) is 10.7. The molecular formula is C20H20FN3OS. The van der Waals surface area contributed by atoms with E-state index < -0.39 is 0 Å². The van der Waals surface area contributed by atoms with Crippen LogP contribution in [-0.2, 0) is 11.3 Å². The first-order valence-electron chi connectivity index (χ1n) is 8.29. The van der Waals surface area contributed by atoms with Crippen molar-refractivity contribution < 1.29 is 9.18 Å². The monoisotopic (exact) mass is 369 g/mol. The van der Waals surface area contributed by atoms with E-state index in [4.69, 9.17) is 0 Å². The van der Waals surface area contributed by atoms with E-state index in [0.29, 0.717) is 12.3 Å². The van der Waals surface area contributed by atoms with E-state index in [1.54, 1.807) is 10.7 Å². The summed E-state index contributed by atoms with van der Waals surface area (Å²) in [5.74, 6) is -0.0105. The predicted octanol–water partition coefficient (Wildman–Crippen LogP) is 4.42. The molecule has 0 radical (unpaired) electrons. The topological polar surface area (TPSA) is 46.9 Å². The number of benzene rings is 2. The molecular weight excluding hydrogens is 349 g/mol. The molecule has 1 heterocycles. The zero-order valence-corrected chi connectivity index (χ0v) is 15.5. The summed E-state index contributed by atoms with van der Waals surface area (Å²) in [5.41, 5.74) is 3.15. The fourth-order valence-electron chi connectivity index (χ4n) is 2.68. The Bertz CT molecular complexity index is 909. The lowest BCUT2D eigenvalue weighted by Crippen LogP contribution is -2.15. The Hall–Kier alpha value is -2.60. The lowest BCUT2D eigenvalue weighted by Gasteiger charge is -2.07. The van der Waals surface area contributed by atoms with Crippen LogP contribution in [0, 0.1) is 19.7 Å². The van der Waals surface area contributed by atoms with Crippen LogP contribution in [-0.4, -0.2) is 21.4 Å². The molecule has 4 nitrogen and oxygen atoms in total. The average Bonchev–Trinajstić information content (AvgIpc) is 2.88. The third-order valence-corrected chi connectivity index (χ3v) is 4.99. The zero-order valence-electron chi connectivity index (χ0n) is 14.7. The molecule has 0 fully saturated rings. The Morgan fingerprint density at radius 3 is 2.65 bits per heavy atom. The number of nitrogens with zero attached hydrogens (tertiary/aromatic N) is 2. The molecule has 134 valence electrons. The molecule has 0 aliphatic heterocycles. The van der Waals surface area contributed by atoms with Crippen LogP contribution < -0.4 is 5.32 Å². The first-order chi connectivity index (χ1) is 12.5. The summed E-state index contributed by atoms with van der Waals surface area (Å²) in [6.07, 6.45) is 0. The fraction of sp³-hybridized carbons (Fsp3) is 0.200. The molecule has 0 aliphatic carbocycles. The van der Waals surface area contributed by atoms with Gasteiger partial charge in [-0.1, -0.05) is 30.3 Å². The second-order valence-corrected chi connectivity index (χ2v) is 7.03. The molecule has 6 heteroatoms. The van der Waals surface area contributed by atoms with Crippen LogP contribution in [0.2, 0.25) is 0 Å². The van der Waals surface area contributed by atoms with Crippen molar-refractivity contribution in [3.63, 3.8) is 0 Å². The first-order valence-corrected chi connectivity index (χ1v) is 9.27. The minimum atomic E-state index is -0.268. The Balaban J connectivity index is 1.66. The Kier molecular flexibility index (Phi) is 5.73. The fourth-order valence-corrected chi connectivity index (χ4v) is 3.40. The number of aromatic nitrogens is 2. The van der Waals surface area contributed by atoms with E-state index in [9.17, 15) is 9.18 Å². The molecule has 3 rings (SSSR count). The molecule has 1 amide bonds. The Morgan fingerprint density at radius 2 is 1.92 bits per heavy atom. The lowest BCUT2D eigenvalue weighted by molar-refractivity contribution is -0.113. The number of carbonyl (C=O) groups excluding carboxylic acids is 1. The molecule has 26 heavy (non-hydrogen) atoms. The summed E-state index contributed by atoms with van der Waals surface area (Å²) < 4.78 is 15.1. The molecule has 0 bridgehead atoms. The van der Waals surface area contributed by atoms with E-state index in [2.05, 4.69) is 10.4 Å². The molecule has 0 saturated heterocycles. The summed E-state index contributed by atoms with van der Waals surface area (Å²) in [6, 6.07) is 16.2. The van der Waals surface area contributed by atoms with Gasteiger partial charge >= 0.3 is 0 Å². The largest absolute Gasteiger partial charge is 0.322 e. The van der Waals surface area contributed by atoms with Crippen molar-refractivity contribution in [1.29, 1.82) is 0 Å². The summed E-state index contributed by atoms with van der Waals surface area (Å²) >= 11 is 1.49. The second-order valence-electron chi connectivity index (χ2n) is 5.98. The predicted molar refractivity (Wildman–Crippen MR) is 103 cm³/mol. The maximum Gasteiger partial charge on any atom is 0.234 e. The zero-order chi connectivity index (χ0) is 18.5. The van der Waals surface area contributed by atoms with Gasteiger partial charge in [0.15, 0.2) is 0 Å². The van der Waals surface area contributed by atoms with Gasteiger partial charge in [-0.2, -0.15) is 5.10 Å². The molecule has 0 saturated carbocycles. The van der Waals surface area contributed by atoms with E-state index in [0.717, 1.165) is 27.5 Å². The number of aryl methyl sites for hydroxylation is 1. The smallest absolute Gasteiger partial charge is 0.234 e. The van der Waals surface area contributed by atoms with Gasteiger partial charge in [0, 0.05) is 4.90 Å². The van der Waals surface area contributed by atoms with Gasteiger partial charge in [-0.15, -0.1) is 11.8 Å². The average molecular weight is 369 g/mol. The van der Waals surface area contributed by atoms with Crippen LogP contribution in [0.5, 0.6) is 0 Å². The standard InChI is InChI=1S/C20H20FN3OS/c1-14-20(22-19(25)13-26-18-9-4-3-5-10-18)15(2)24(23-14)12-16-7-6-8-17(21)11-16/h3-11H,12-13H2,1-2H3,(H,22,25). The highest BCUT2D eigenvalue weighted by Crippen LogP contribution is 2.22. The molecule has 1 N–H and O–H groups in total. The number of amides is 1. The van der Waals surface area contributed by atoms with Crippen molar-refractivity contribution in [2.75, 3.05) is 11.1 Å². The van der Waals surface area contributed by atoms with Crippen LogP contribution in [0.3, 0.4) is 0 Å². The van der Waals surface area contributed by atoms with Gasteiger partial charge in [0.1, 0.15) is 5.82 Å². The number of halogens is 1. The number of anilines is 1. The molecule has 1 aromatic heterocycles. The number of hydrogen-bond acceptors (Lipinski definition) is 3. The molecule has 0 unspecified atom stereocenters. The van der Waals surface area contributed by atoms with E-state index >= 15 is 0 Å². The van der Waals surface area contributed by atoms with Crippen molar-refractivity contribution in [3.8, 4) is 0 Å². The third kappa shape index (κ3) is 4.52. The van der Waals surface area contributed by atoms with Crippen LogP contribution in [0.1, 0.15) is 17.0 Å². The highest BCUT2D eigenvalue weighted by molar-refractivity contribution is 8.00. The number of thioether (sulfide) groups is 1. The van der Waals surface area contributed by atoms with Gasteiger partial charge in [0.2, 0.25) is 5.91 Å². The number of nitrogens with one attached hydrogen (secondary N) is 1. The van der Waals surface area contributed by atoms with Gasteiger partial charge in [-0.25, -0.2) is 4.39 Å². The summed E-state index contributed by atoms with van der Waals surface area (Å²) in [5, 5.41) is 7.43. The van der Waals surface area contributed by atoms with Gasteiger partial charge in [-0.3, -0.25) is 9.48 Å². The maximum absolute atomic E-state index is 13.4. The number of hydrogen-bond donors (Lipinski definition) is 1. The van der Waals surface area contributed by atoms with Crippen molar-refractivity contribution >= 4 is 23.4 Å². The van der Waals surface area contributed by atoms with Crippen molar-refractivity contribution in [2.45, 2.75) is 25.3 Å². The SMILES string of the molecule is Cc1nn(Cc2cccc(F)c2)c(C)c1NC(=O)CSc1ccccc1. The number of rotatable bonds is 6. The van der Waals surface area contributed by atoms with E-state index in [1.807, 2.05) is 50.2 Å². The van der Waals surface area contributed by atoms with Gasteiger partial charge in [-0.05, 0) is 43.7 Å². The van der Waals surface area contributed by atoms with Crippen LogP contribution in [0.4, 0.5) is 10.1 Å². The van der Waals surface area contributed by atoms with Gasteiger partial charge in [0.05, 0.1) is 29.4 Å². The highest BCUT2D eigenvalue weighted by atomic mass is 32.2. The van der Waals surface area contributed by atoms with Crippen molar-refractivity contribution in [3.05, 3.63) is 77.4 Å². The highest BCUT2D eigenvalue weighted by Gasteiger charge is 2.14. The molecule has 0 spiro atoms. The third-order valence-electron chi connectivity index (χ3n) is 3.98. The van der Waals surface area contributed by atoms with Crippen LogP contribution >= 0.6 is 11.8 Å². The minimum Gasteiger partial charge on any atom is -0.322 e. The second kappa shape index (κ2) is 8.19. The van der Waals surface area contributed by atoms with Crippen molar-refractivity contribution in [1.82, 2.24) is 9.78 Å². The Labute approximate surface area is 156 Å². The summed E-state index contributed by atoms with van der Waals surface area (Å²) in [6.45, 7) is 4.22. The van der Waals surface area contributed by atoms with Crippen LogP contribution in [0.15, 0.2) is 59.5 Å². The molecule has 0 atom stereocenters. The first kappa shape index (κ1) is 18.2. The lowest BCUT2D eigenvalue weighted by atomic mass is 10.2. The number of carbonyl (C=O) groups is 1. The van der Waals surface area contributed by atoms with Gasteiger partial charge < -0.3 is 5.32 Å². The van der Waals surface area contributed by atoms with E-state index in [-0.39, 0.29) is 11.7 Å². The van der Waals surface area contributed by atoms with Crippen LogP contribution in [0.25, 0.3) is 0 Å². The molecule has 0 aliphatic rings. The maximum atomic E-state index is 13.4. The Morgan fingerprint density at radius 1 is 1.15 bits per heavy atom. The van der Waals surface area contributed by atoms with E-state index in [1.165, 1.54) is 23.9 Å². The molecule has 3 aromatic rings. The minimum absolute atomic E-state index is 0.0737. The summed E-state index contributed by atoms with van der Waals surface area (Å²) in [7, 11) is 0. The summed E-state index contributed by atoms with van der Waals surface area (Å²) in [4.78, 5) is 13.3. The molecule has 2 aromatic carbocycles. The van der Waals surface area contributed by atoms with Crippen molar-refractivity contribution in [2.24, 2.45) is 0 Å².